The molecule has 0 saturated heterocycles. The van der Waals surface area contributed by atoms with Gasteiger partial charge in [-0.1, -0.05) is 41.4 Å². The Bertz CT molecular complexity index is 657. The first-order chi connectivity index (χ1) is 10.1. The molecule has 0 aliphatic carbocycles. The van der Waals surface area contributed by atoms with Crippen molar-refractivity contribution in [2.45, 2.75) is 25.9 Å². The van der Waals surface area contributed by atoms with Crippen LogP contribution in [0, 0.1) is 0 Å². The van der Waals surface area contributed by atoms with Crippen LogP contribution in [0.5, 0.6) is 5.75 Å². The van der Waals surface area contributed by atoms with E-state index in [4.69, 9.17) is 27.9 Å². The van der Waals surface area contributed by atoms with Crippen molar-refractivity contribution in [3.63, 3.8) is 0 Å². The van der Waals surface area contributed by atoms with Crippen LogP contribution in [0.25, 0.3) is 0 Å². The second kappa shape index (κ2) is 6.27. The van der Waals surface area contributed by atoms with Crippen LogP contribution in [-0.4, -0.2) is 6.61 Å². The molecule has 1 aliphatic rings. The summed E-state index contributed by atoms with van der Waals surface area (Å²) in [5.41, 5.74) is 3.71. The summed E-state index contributed by atoms with van der Waals surface area (Å²) in [4.78, 5) is 0. The molecule has 2 nitrogen and oxygen atoms in total. The fraction of sp³-hybridized carbons (Fsp3) is 0.294. The monoisotopic (exact) mass is 321 g/mol. The van der Waals surface area contributed by atoms with E-state index in [1.54, 1.807) is 0 Å². The Labute approximate surface area is 135 Å². The predicted octanol–water partition coefficient (Wildman–Crippen LogP) is 4.78. The van der Waals surface area contributed by atoms with Gasteiger partial charge in [-0.05, 0) is 41.8 Å². The number of halogens is 2. The topological polar surface area (TPSA) is 21.3 Å². The largest absolute Gasteiger partial charge is 0.493 e. The van der Waals surface area contributed by atoms with Crippen LogP contribution in [0.1, 0.15) is 29.7 Å². The maximum Gasteiger partial charge on any atom is 0.122 e. The lowest BCUT2D eigenvalue weighted by Crippen LogP contribution is -2.18. The van der Waals surface area contributed by atoms with Crippen molar-refractivity contribution in [1.82, 2.24) is 5.32 Å². The summed E-state index contributed by atoms with van der Waals surface area (Å²) >= 11 is 12.0. The standard InChI is InChI=1S/C17H17Cl2NO/c1-11(13-3-4-15(18)16(19)9-13)20-10-12-2-5-17-14(8-12)6-7-21-17/h2-5,8-9,11,20H,6-7,10H2,1H3. The Morgan fingerprint density at radius 1 is 1.14 bits per heavy atom. The van der Waals surface area contributed by atoms with Gasteiger partial charge in [0.1, 0.15) is 5.75 Å². The molecular formula is C17H17Cl2NO. The van der Waals surface area contributed by atoms with Gasteiger partial charge in [0, 0.05) is 19.0 Å². The first-order valence-electron chi connectivity index (χ1n) is 7.06. The minimum absolute atomic E-state index is 0.212. The Morgan fingerprint density at radius 2 is 2.00 bits per heavy atom. The average Bonchev–Trinajstić information content (AvgIpc) is 2.95. The minimum Gasteiger partial charge on any atom is -0.493 e. The van der Waals surface area contributed by atoms with Gasteiger partial charge in [-0.25, -0.2) is 0 Å². The molecular weight excluding hydrogens is 305 g/mol. The molecule has 2 aromatic rings. The lowest BCUT2D eigenvalue weighted by atomic mass is 10.1. The molecule has 110 valence electrons. The molecule has 0 saturated carbocycles. The third-order valence-electron chi connectivity index (χ3n) is 3.81. The second-order valence-corrected chi connectivity index (χ2v) is 6.13. The van der Waals surface area contributed by atoms with Crippen LogP contribution in [0.15, 0.2) is 36.4 Å². The molecule has 2 aromatic carbocycles. The number of fused-ring (bicyclic) bond motifs is 1. The summed E-state index contributed by atoms with van der Waals surface area (Å²) in [5, 5.41) is 4.69. The number of rotatable bonds is 4. The van der Waals surface area contributed by atoms with Crippen molar-refractivity contribution in [3.8, 4) is 5.75 Å². The number of hydrogen-bond acceptors (Lipinski definition) is 2. The second-order valence-electron chi connectivity index (χ2n) is 5.32. The summed E-state index contributed by atoms with van der Waals surface area (Å²) < 4.78 is 5.53. The van der Waals surface area contributed by atoms with Crippen LogP contribution < -0.4 is 10.1 Å². The number of ether oxygens (including phenoxy) is 1. The molecule has 0 bridgehead atoms. The molecule has 0 spiro atoms. The molecule has 0 aromatic heterocycles. The van der Waals surface area contributed by atoms with E-state index in [-0.39, 0.29) is 6.04 Å². The maximum atomic E-state index is 6.07. The van der Waals surface area contributed by atoms with Crippen LogP contribution >= 0.6 is 23.2 Å². The quantitative estimate of drug-likeness (QED) is 0.875. The highest BCUT2D eigenvalue weighted by Crippen LogP contribution is 2.27. The molecule has 21 heavy (non-hydrogen) atoms. The SMILES string of the molecule is CC(NCc1ccc2c(c1)CCO2)c1ccc(Cl)c(Cl)c1. The van der Waals surface area contributed by atoms with E-state index in [2.05, 4.69) is 30.4 Å². The van der Waals surface area contributed by atoms with E-state index in [0.29, 0.717) is 10.0 Å². The molecule has 0 amide bonds. The molecule has 1 atom stereocenters. The summed E-state index contributed by atoms with van der Waals surface area (Å²) in [6.45, 7) is 3.73. The van der Waals surface area contributed by atoms with Crippen molar-refractivity contribution in [1.29, 1.82) is 0 Å². The fourth-order valence-electron chi connectivity index (χ4n) is 2.52. The van der Waals surface area contributed by atoms with Crippen molar-refractivity contribution >= 4 is 23.2 Å². The van der Waals surface area contributed by atoms with Gasteiger partial charge in [0.05, 0.1) is 16.7 Å². The zero-order valence-corrected chi connectivity index (χ0v) is 13.3. The number of benzene rings is 2. The van der Waals surface area contributed by atoms with Gasteiger partial charge in [-0.15, -0.1) is 0 Å². The van der Waals surface area contributed by atoms with Gasteiger partial charge in [0.25, 0.3) is 0 Å². The summed E-state index contributed by atoms with van der Waals surface area (Å²) in [5.74, 6) is 1.02. The molecule has 1 heterocycles. The minimum atomic E-state index is 0.212. The van der Waals surface area contributed by atoms with E-state index in [0.717, 1.165) is 30.9 Å². The average molecular weight is 322 g/mol. The van der Waals surface area contributed by atoms with E-state index in [9.17, 15) is 0 Å². The van der Waals surface area contributed by atoms with Gasteiger partial charge >= 0.3 is 0 Å². The van der Waals surface area contributed by atoms with Gasteiger partial charge in [-0.2, -0.15) is 0 Å². The highest BCUT2D eigenvalue weighted by molar-refractivity contribution is 6.42. The Kier molecular flexibility index (Phi) is 4.39. The summed E-state index contributed by atoms with van der Waals surface area (Å²) in [6.07, 6.45) is 1.01. The lowest BCUT2D eigenvalue weighted by Gasteiger charge is -2.15. The van der Waals surface area contributed by atoms with Crippen molar-refractivity contribution in [2.75, 3.05) is 6.61 Å². The number of hydrogen-bond donors (Lipinski definition) is 1. The van der Waals surface area contributed by atoms with Crippen molar-refractivity contribution in [3.05, 3.63) is 63.1 Å². The van der Waals surface area contributed by atoms with Gasteiger partial charge in [-0.3, -0.25) is 0 Å². The maximum absolute atomic E-state index is 6.07. The summed E-state index contributed by atoms with van der Waals surface area (Å²) in [7, 11) is 0. The molecule has 0 fully saturated rings. The van der Waals surface area contributed by atoms with E-state index >= 15 is 0 Å². The van der Waals surface area contributed by atoms with Crippen molar-refractivity contribution in [2.24, 2.45) is 0 Å². The molecule has 1 unspecified atom stereocenters. The molecule has 0 radical (unpaired) electrons. The Morgan fingerprint density at radius 3 is 2.81 bits per heavy atom. The van der Waals surface area contributed by atoms with Crippen LogP contribution in [0.4, 0.5) is 0 Å². The first-order valence-corrected chi connectivity index (χ1v) is 7.82. The smallest absolute Gasteiger partial charge is 0.122 e. The van der Waals surface area contributed by atoms with Crippen LogP contribution in [0.3, 0.4) is 0 Å². The van der Waals surface area contributed by atoms with E-state index < -0.39 is 0 Å². The normalized spacial score (nSPS) is 14.6. The van der Waals surface area contributed by atoms with E-state index in [1.807, 2.05) is 18.2 Å². The molecule has 4 heteroatoms. The zero-order valence-electron chi connectivity index (χ0n) is 11.8. The van der Waals surface area contributed by atoms with Gasteiger partial charge in [0.2, 0.25) is 0 Å². The highest BCUT2D eigenvalue weighted by Gasteiger charge is 2.12. The molecule has 1 N–H and O–H groups in total. The third-order valence-corrected chi connectivity index (χ3v) is 4.55. The summed E-state index contributed by atoms with van der Waals surface area (Å²) in [6, 6.07) is 12.4. The lowest BCUT2D eigenvalue weighted by molar-refractivity contribution is 0.357. The van der Waals surface area contributed by atoms with Crippen LogP contribution in [-0.2, 0) is 13.0 Å². The van der Waals surface area contributed by atoms with Gasteiger partial charge < -0.3 is 10.1 Å². The number of nitrogens with one attached hydrogen (secondary N) is 1. The first kappa shape index (κ1) is 14.7. The third kappa shape index (κ3) is 3.34. The predicted molar refractivity (Wildman–Crippen MR) is 87.4 cm³/mol. The Balaban J connectivity index is 1.65. The Hall–Kier alpha value is -1.22. The van der Waals surface area contributed by atoms with E-state index in [1.165, 1.54) is 11.1 Å². The highest BCUT2D eigenvalue weighted by atomic mass is 35.5. The fourth-order valence-corrected chi connectivity index (χ4v) is 2.83. The van der Waals surface area contributed by atoms with Gasteiger partial charge in [0.15, 0.2) is 0 Å². The molecule has 1 aliphatic heterocycles. The zero-order chi connectivity index (χ0) is 14.8. The molecule has 3 rings (SSSR count). The van der Waals surface area contributed by atoms with Crippen LogP contribution in [0.2, 0.25) is 10.0 Å². The van der Waals surface area contributed by atoms with Crippen molar-refractivity contribution < 1.29 is 4.74 Å².